The van der Waals surface area contributed by atoms with Crippen LogP contribution < -0.4 is 14.4 Å². The maximum Gasteiger partial charge on any atom is 0.244 e. The molecule has 2 aromatic carbocycles. The fraction of sp³-hybridized carbons (Fsp3) is 0.440. The number of para-hydroxylation sites is 1. The maximum atomic E-state index is 13.6. The lowest BCUT2D eigenvalue weighted by Crippen LogP contribution is -2.52. The number of nitrogens with one attached hydrogen (secondary N) is 1. The zero-order valence-corrected chi connectivity index (χ0v) is 23.1. The second-order valence-electron chi connectivity index (χ2n) is 8.16. The van der Waals surface area contributed by atoms with Gasteiger partial charge in [0.25, 0.3) is 0 Å². The second kappa shape index (κ2) is 13.5. The number of carbonyl (C=O) groups is 2. The number of anilines is 1. The van der Waals surface area contributed by atoms with Crippen LogP contribution in [0.4, 0.5) is 5.69 Å². The first-order chi connectivity index (χ1) is 16.6. The van der Waals surface area contributed by atoms with E-state index in [1.54, 1.807) is 43.5 Å². The Morgan fingerprint density at radius 2 is 1.74 bits per heavy atom. The van der Waals surface area contributed by atoms with Gasteiger partial charge in [0, 0.05) is 17.6 Å². The summed E-state index contributed by atoms with van der Waals surface area (Å²) in [6.07, 6.45) is 3.20. The Morgan fingerprint density at radius 3 is 2.29 bits per heavy atom. The van der Waals surface area contributed by atoms with Crippen LogP contribution in [-0.2, 0) is 26.2 Å². The molecular formula is C25H34BrN3O5S. The molecule has 8 nitrogen and oxygen atoms in total. The molecule has 0 aliphatic rings. The summed E-state index contributed by atoms with van der Waals surface area (Å²) in [6.45, 7) is 4.10. The van der Waals surface area contributed by atoms with Crippen LogP contribution in [0.1, 0.15) is 38.7 Å². The molecule has 0 aliphatic carbocycles. The van der Waals surface area contributed by atoms with Crippen molar-refractivity contribution in [3.63, 3.8) is 0 Å². The van der Waals surface area contributed by atoms with Crippen LogP contribution in [0.2, 0.25) is 0 Å². The van der Waals surface area contributed by atoms with Crippen molar-refractivity contribution in [3.8, 4) is 5.75 Å². The van der Waals surface area contributed by atoms with Gasteiger partial charge in [0.05, 0.1) is 19.1 Å². The summed E-state index contributed by atoms with van der Waals surface area (Å²) in [7, 11) is -2.21. The van der Waals surface area contributed by atoms with Crippen LogP contribution in [0.25, 0.3) is 0 Å². The molecule has 0 fully saturated rings. The average molecular weight is 569 g/mol. The summed E-state index contributed by atoms with van der Waals surface area (Å²) in [4.78, 5) is 28.1. The smallest absolute Gasteiger partial charge is 0.244 e. The molecule has 2 rings (SSSR count). The zero-order valence-electron chi connectivity index (χ0n) is 20.7. The number of amides is 2. The molecule has 35 heavy (non-hydrogen) atoms. The number of unbranched alkanes of at least 4 members (excludes halogenated alkanes) is 1. The number of methoxy groups -OCH3 is 1. The molecule has 0 unspecified atom stereocenters. The van der Waals surface area contributed by atoms with Crippen molar-refractivity contribution in [2.45, 2.75) is 45.7 Å². The van der Waals surface area contributed by atoms with Crippen molar-refractivity contribution < 1.29 is 22.7 Å². The quantitative estimate of drug-likeness (QED) is 0.370. The van der Waals surface area contributed by atoms with Crippen LogP contribution in [0, 0.1) is 0 Å². The Labute approximate surface area is 216 Å². The molecule has 2 aromatic rings. The van der Waals surface area contributed by atoms with E-state index in [0.717, 1.165) is 29.0 Å². The van der Waals surface area contributed by atoms with Crippen molar-refractivity contribution in [1.29, 1.82) is 0 Å². The minimum Gasteiger partial charge on any atom is -0.497 e. The van der Waals surface area contributed by atoms with E-state index in [9.17, 15) is 18.0 Å². The van der Waals surface area contributed by atoms with Gasteiger partial charge in [-0.2, -0.15) is 0 Å². The van der Waals surface area contributed by atoms with Crippen LogP contribution in [0.3, 0.4) is 0 Å². The molecule has 0 saturated heterocycles. The first kappa shape index (κ1) is 28.6. The number of hydrogen-bond acceptors (Lipinski definition) is 5. The van der Waals surface area contributed by atoms with Crippen LogP contribution >= 0.6 is 15.9 Å². The predicted molar refractivity (Wildman–Crippen MR) is 142 cm³/mol. The monoisotopic (exact) mass is 567 g/mol. The van der Waals surface area contributed by atoms with E-state index in [2.05, 4.69) is 21.2 Å². The van der Waals surface area contributed by atoms with Gasteiger partial charge >= 0.3 is 0 Å². The van der Waals surface area contributed by atoms with E-state index < -0.39 is 28.5 Å². The molecule has 0 aliphatic heterocycles. The second-order valence-corrected chi connectivity index (χ2v) is 10.9. The van der Waals surface area contributed by atoms with Crippen molar-refractivity contribution in [2.75, 3.05) is 30.8 Å². The normalized spacial score (nSPS) is 12.0. The summed E-state index contributed by atoms with van der Waals surface area (Å²) in [5, 5.41) is 2.91. The first-order valence-corrected chi connectivity index (χ1v) is 14.2. The highest BCUT2D eigenvalue weighted by atomic mass is 79.9. The van der Waals surface area contributed by atoms with Crippen LogP contribution in [0.15, 0.2) is 53.0 Å². The minimum atomic E-state index is -3.78. The van der Waals surface area contributed by atoms with Gasteiger partial charge in [0.2, 0.25) is 21.8 Å². The molecular weight excluding hydrogens is 534 g/mol. The Hall–Kier alpha value is -2.59. The fourth-order valence-electron chi connectivity index (χ4n) is 3.60. The van der Waals surface area contributed by atoms with Crippen LogP contribution in [0.5, 0.6) is 5.75 Å². The minimum absolute atomic E-state index is 0.149. The summed E-state index contributed by atoms with van der Waals surface area (Å²) < 4.78 is 32.1. The lowest BCUT2D eigenvalue weighted by molar-refractivity contribution is -0.140. The van der Waals surface area contributed by atoms with Crippen molar-refractivity contribution in [1.82, 2.24) is 10.2 Å². The van der Waals surface area contributed by atoms with Gasteiger partial charge in [-0.15, -0.1) is 0 Å². The van der Waals surface area contributed by atoms with E-state index in [1.165, 1.54) is 4.90 Å². The molecule has 0 radical (unpaired) electrons. The Morgan fingerprint density at radius 1 is 1.09 bits per heavy atom. The lowest BCUT2D eigenvalue weighted by Gasteiger charge is -2.33. The average Bonchev–Trinajstić information content (AvgIpc) is 2.82. The Balaban J connectivity index is 2.41. The number of nitrogens with zero attached hydrogens (tertiary/aromatic N) is 2. The standard InChI is InChI=1S/C25H34BrN3O5S/c1-5-7-16-27-25(31)22(6-2)28(17-19-12-14-20(34-3)15-13-19)24(30)18-29(35(4,32)33)23-11-9-8-10-21(23)26/h8-15,22H,5-7,16-18H2,1-4H3,(H,27,31)/t22-/m1/s1. The number of hydrogen-bond donors (Lipinski definition) is 1. The molecule has 0 saturated carbocycles. The van der Waals surface area contributed by atoms with E-state index in [-0.39, 0.29) is 12.5 Å². The van der Waals surface area contributed by atoms with Crippen LogP contribution in [-0.4, -0.2) is 57.6 Å². The first-order valence-electron chi connectivity index (χ1n) is 11.5. The van der Waals surface area contributed by atoms with Gasteiger partial charge in [0.1, 0.15) is 18.3 Å². The predicted octanol–water partition coefficient (Wildman–Crippen LogP) is 3.95. The van der Waals surface area contributed by atoms with Crippen molar-refractivity contribution in [2.24, 2.45) is 0 Å². The number of rotatable bonds is 13. The molecule has 0 aromatic heterocycles. The third-order valence-corrected chi connectivity index (χ3v) is 7.32. The molecule has 0 bridgehead atoms. The Kier molecular flexibility index (Phi) is 11.0. The van der Waals surface area contributed by atoms with Gasteiger partial charge in [-0.05, 0) is 58.6 Å². The van der Waals surface area contributed by atoms with E-state index in [1.807, 2.05) is 26.0 Å². The largest absolute Gasteiger partial charge is 0.497 e. The molecule has 192 valence electrons. The fourth-order valence-corrected chi connectivity index (χ4v) is 5.08. The topological polar surface area (TPSA) is 96.0 Å². The van der Waals surface area contributed by atoms with E-state index in [0.29, 0.717) is 28.9 Å². The van der Waals surface area contributed by atoms with Gasteiger partial charge in [-0.3, -0.25) is 13.9 Å². The highest BCUT2D eigenvalue weighted by molar-refractivity contribution is 9.10. The highest BCUT2D eigenvalue weighted by Crippen LogP contribution is 2.28. The molecule has 0 heterocycles. The molecule has 1 atom stereocenters. The number of carbonyl (C=O) groups excluding carboxylic acids is 2. The van der Waals surface area contributed by atoms with Crippen molar-refractivity contribution in [3.05, 3.63) is 58.6 Å². The Bertz CT molecular complexity index is 1090. The zero-order chi connectivity index (χ0) is 26.0. The maximum absolute atomic E-state index is 13.6. The SMILES string of the molecule is CCCCNC(=O)[C@@H](CC)N(Cc1ccc(OC)cc1)C(=O)CN(c1ccccc1Br)S(C)(=O)=O. The summed E-state index contributed by atoms with van der Waals surface area (Å²) in [5.74, 6) is -0.0535. The lowest BCUT2D eigenvalue weighted by atomic mass is 10.1. The molecule has 10 heteroatoms. The highest BCUT2D eigenvalue weighted by Gasteiger charge is 2.32. The van der Waals surface area contributed by atoms with Gasteiger partial charge in [-0.25, -0.2) is 8.42 Å². The third kappa shape index (κ3) is 8.24. The summed E-state index contributed by atoms with van der Waals surface area (Å²) >= 11 is 3.38. The van der Waals surface area contributed by atoms with Gasteiger partial charge in [-0.1, -0.05) is 44.5 Å². The third-order valence-electron chi connectivity index (χ3n) is 5.53. The summed E-state index contributed by atoms with van der Waals surface area (Å²) in [5.41, 5.74) is 1.15. The molecule has 2 amide bonds. The molecule has 0 spiro atoms. The number of sulfonamides is 1. The number of halogens is 1. The van der Waals surface area contributed by atoms with Gasteiger partial charge < -0.3 is 15.0 Å². The summed E-state index contributed by atoms with van der Waals surface area (Å²) in [6, 6.07) is 13.3. The van der Waals surface area contributed by atoms with E-state index >= 15 is 0 Å². The number of ether oxygens (including phenoxy) is 1. The molecule has 1 N–H and O–H groups in total. The number of benzene rings is 2. The van der Waals surface area contributed by atoms with E-state index in [4.69, 9.17) is 4.74 Å². The van der Waals surface area contributed by atoms with Crippen molar-refractivity contribution >= 4 is 43.5 Å². The van der Waals surface area contributed by atoms with Gasteiger partial charge in [0.15, 0.2) is 0 Å².